The molecule has 0 saturated carbocycles. The maximum atomic E-state index is 14.1. The van der Waals surface area contributed by atoms with Gasteiger partial charge in [0.15, 0.2) is 0 Å². The largest absolute Gasteiger partial charge is 0.311 e. The summed E-state index contributed by atoms with van der Waals surface area (Å²) in [5, 5.41) is 0. The Morgan fingerprint density at radius 2 is 1.23 bits per heavy atom. The maximum Gasteiger partial charge on any atom is 0.239 e. The number of carbonyl (C=O) groups is 1. The number of carbonyl (C=O) groups excluding carboxylic acids is 1. The lowest BCUT2D eigenvalue weighted by Gasteiger charge is -2.31. The summed E-state index contributed by atoms with van der Waals surface area (Å²) >= 11 is 0. The number of amides is 1. The average molecular weight is 401 g/mol. The molecule has 3 aromatic rings. The van der Waals surface area contributed by atoms with E-state index in [9.17, 15) is 4.79 Å². The average Bonchev–Trinajstić information content (AvgIpc) is 2.74. The van der Waals surface area contributed by atoms with Gasteiger partial charge >= 0.3 is 0 Å². The van der Waals surface area contributed by atoms with E-state index >= 15 is 0 Å². The van der Waals surface area contributed by atoms with E-state index in [2.05, 4.69) is 75.3 Å². The Bertz CT molecular complexity index is 891. The van der Waals surface area contributed by atoms with Crippen molar-refractivity contribution in [3.63, 3.8) is 0 Å². The van der Waals surface area contributed by atoms with Crippen LogP contribution in [-0.4, -0.2) is 38.0 Å². The van der Waals surface area contributed by atoms with E-state index < -0.39 is 0 Å². The van der Waals surface area contributed by atoms with Crippen molar-refractivity contribution in [2.24, 2.45) is 0 Å². The summed E-state index contributed by atoms with van der Waals surface area (Å²) in [7, 11) is 4.14. The van der Waals surface area contributed by atoms with Crippen molar-refractivity contribution in [3.8, 4) is 0 Å². The smallest absolute Gasteiger partial charge is 0.239 e. The fraction of sp³-hybridized carbons (Fsp3) is 0.296. The number of hydrogen-bond donors (Lipinski definition) is 0. The molecular formula is C27H32N2O. The van der Waals surface area contributed by atoms with E-state index in [1.54, 1.807) is 0 Å². The highest BCUT2D eigenvalue weighted by molar-refractivity contribution is 6.01. The van der Waals surface area contributed by atoms with Crippen LogP contribution in [0.15, 0.2) is 78.9 Å². The first-order valence-corrected chi connectivity index (χ1v) is 10.6. The first-order valence-electron chi connectivity index (χ1n) is 10.6. The fourth-order valence-electron chi connectivity index (χ4n) is 4.03. The monoisotopic (exact) mass is 400 g/mol. The van der Waals surface area contributed by atoms with Crippen molar-refractivity contribution in [2.45, 2.75) is 26.2 Å². The second-order valence-electron chi connectivity index (χ2n) is 8.14. The Kier molecular flexibility index (Phi) is 7.42. The molecule has 156 valence electrons. The van der Waals surface area contributed by atoms with Crippen molar-refractivity contribution in [3.05, 3.63) is 101 Å². The van der Waals surface area contributed by atoms with E-state index in [1.165, 1.54) is 0 Å². The zero-order valence-electron chi connectivity index (χ0n) is 18.5. The molecule has 0 bridgehead atoms. The molecule has 0 aliphatic rings. The summed E-state index contributed by atoms with van der Waals surface area (Å²) in [5.74, 6) is -0.200. The number of benzene rings is 3. The Labute approximate surface area is 181 Å². The summed E-state index contributed by atoms with van der Waals surface area (Å²) in [6.07, 6.45) is 0.919. The lowest BCUT2D eigenvalue weighted by molar-refractivity contribution is -0.119. The summed E-state index contributed by atoms with van der Waals surface area (Å²) in [6.45, 7) is 5.82. The first-order chi connectivity index (χ1) is 14.5. The van der Waals surface area contributed by atoms with Crippen LogP contribution in [0.2, 0.25) is 0 Å². The molecule has 0 radical (unpaired) electrons. The Morgan fingerprint density at radius 1 is 0.733 bits per heavy atom. The molecule has 1 amide bonds. The number of hydrogen-bond acceptors (Lipinski definition) is 2. The highest BCUT2D eigenvalue weighted by Gasteiger charge is 2.29. The molecule has 0 N–H and O–H groups in total. The third-order valence-corrected chi connectivity index (χ3v) is 5.48. The van der Waals surface area contributed by atoms with Gasteiger partial charge in [0.1, 0.15) is 0 Å². The molecule has 3 nitrogen and oxygen atoms in total. The predicted octanol–water partition coefficient (Wildman–Crippen LogP) is 5.42. The molecule has 0 fully saturated rings. The molecule has 30 heavy (non-hydrogen) atoms. The number of nitrogens with zero attached hydrogens (tertiary/aromatic N) is 2. The van der Waals surface area contributed by atoms with Crippen molar-refractivity contribution in [1.29, 1.82) is 0 Å². The molecule has 0 unspecified atom stereocenters. The molecule has 3 aromatic carbocycles. The van der Waals surface area contributed by atoms with Crippen LogP contribution in [0.25, 0.3) is 0 Å². The standard InChI is InChI=1S/C27H32N2O/c1-21-13-11-14-22(2)26(21)29(20-12-19-28(3)4)27(30)25(23-15-7-5-8-16-23)24-17-9-6-10-18-24/h5-11,13-18,25H,12,19-20H2,1-4H3. The highest BCUT2D eigenvalue weighted by Crippen LogP contribution is 2.32. The zero-order chi connectivity index (χ0) is 21.5. The fourth-order valence-corrected chi connectivity index (χ4v) is 4.03. The molecule has 0 saturated heterocycles. The van der Waals surface area contributed by atoms with Crippen molar-refractivity contribution >= 4 is 11.6 Å². The highest BCUT2D eigenvalue weighted by atomic mass is 16.2. The van der Waals surface area contributed by atoms with Gasteiger partial charge in [0.2, 0.25) is 5.91 Å². The number of aryl methyl sites for hydroxylation is 2. The molecule has 0 aliphatic heterocycles. The number of para-hydroxylation sites is 1. The van der Waals surface area contributed by atoms with Crippen LogP contribution in [-0.2, 0) is 4.79 Å². The van der Waals surface area contributed by atoms with Gasteiger partial charge in [0.05, 0.1) is 5.92 Å². The van der Waals surface area contributed by atoms with Crippen LogP contribution < -0.4 is 4.90 Å². The molecule has 0 aromatic heterocycles. The molecule has 3 heteroatoms. The second-order valence-corrected chi connectivity index (χ2v) is 8.14. The third kappa shape index (κ3) is 5.17. The lowest BCUT2D eigenvalue weighted by Crippen LogP contribution is -2.38. The van der Waals surface area contributed by atoms with Crippen LogP contribution in [0, 0.1) is 13.8 Å². The third-order valence-electron chi connectivity index (χ3n) is 5.48. The molecular weight excluding hydrogens is 368 g/mol. The minimum Gasteiger partial charge on any atom is -0.311 e. The molecule has 0 atom stereocenters. The first kappa shape index (κ1) is 21.8. The van der Waals surface area contributed by atoms with Gasteiger partial charge in [-0.1, -0.05) is 78.9 Å². The Balaban J connectivity index is 2.06. The molecule has 0 aliphatic carbocycles. The molecule has 3 rings (SSSR count). The molecule has 0 spiro atoms. The van der Waals surface area contributed by atoms with E-state index in [0.717, 1.165) is 40.9 Å². The van der Waals surface area contributed by atoms with Crippen LogP contribution in [0.5, 0.6) is 0 Å². The van der Waals surface area contributed by atoms with Gasteiger partial charge in [-0.25, -0.2) is 0 Å². The predicted molar refractivity (Wildman–Crippen MR) is 126 cm³/mol. The summed E-state index contributed by atoms with van der Waals surface area (Å²) in [4.78, 5) is 18.3. The molecule has 0 heterocycles. The van der Waals surface area contributed by atoms with E-state index in [1.807, 2.05) is 41.3 Å². The summed E-state index contributed by atoms with van der Waals surface area (Å²) in [6, 6.07) is 26.5. The Hall–Kier alpha value is -2.91. The van der Waals surface area contributed by atoms with Gasteiger partial charge in [0.25, 0.3) is 0 Å². The van der Waals surface area contributed by atoms with Crippen molar-refractivity contribution < 1.29 is 4.79 Å². The van der Waals surface area contributed by atoms with Crippen LogP contribution in [0.1, 0.15) is 34.6 Å². The topological polar surface area (TPSA) is 23.6 Å². The van der Waals surface area contributed by atoms with Crippen molar-refractivity contribution in [2.75, 3.05) is 32.1 Å². The van der Waals surface area contributed by atoms with E-state index in [0.29, 0.717) is 6.54 Å². The number of anilines is 1. The van der Waals surface area contributed by atoms with Gasteiger partial charge in [-0.15, -0.1) is 0 Å². The Morgan fingerprint density at radius 3 is 1.70 bits per heavy atom. The summed E-state index contributed by atoms with van der Waals surface area (Å²) in [5.41, 5.74) is 5.36. The quantitative estimate of drug-likeness (QED) is 0.504. The van der Waals surface area contributed by atoms with Crippen LogP contribution in [0.3, 0.4) is 0 Å². The maximum absolute atomic E-state index is 14.1. The number of rotatable bonds is 8. The van der Waals surface area contributed by atoms with Gasteiger partial charge in [-0.05, 0) is 63.2 Å². The van der Waals surface area contributed by atoms with E-state index in [4.69, 9.17) is 0 Å². The minimum absolute atomic E-state index is 0.128. The summed E-state index contributed by atoms with van der Waals surface area (Å²) < 4.78 is 0. The van der Waals surface area contributed by atoms with Crippen molar-refractivity contribution in [1.82, 2.24) is 4.90 Å². The minimum atomic E-state index is -0.328. The van der Waals surface area contributed by atoms with Crippen LogP contribution in [0.4, 0.5) is 5.69 Å². The normalized spacial score (nSPS) is 11.1. The van der Waals surface area contributed by atoms with Gasteiger partial charge < -0.3 is 9.80 Å². The van der Waals surface area contributed by atoms with Crippen LogP contribution >= 0.6 is 0 Å². The van der Waals surface area contributed by atoms with E-state index in [-0.39, 0.29) is 11.8 Å². The lowest BCUT2D eigenvalue weighted by atomic mass is 9.89. The van der Waals surface area contributed by atoms with Gasteiger partial charge in [0, 0.05) is 12.2 Å². The SMILES string of the molecule is Cc1cccc(C)c1N(CCCN(C)C)C(=O)C(c1ccccc1)c1ccccc1. The zero-order valence-corrected chi connectivity index (χ0v) is 18.5. The second kappa shape index (κ2) is 10.2. The van der Waals surface area contributed by atoms with Gasteiger partial charge in [-0.2, -0.15) is 0 Å². The van der Waals surface area contributed by atoms with Gasteiger partial charge in [-0.3, -0.25) is 4.79 Å².